The normalized spacial score (nSPS) is 12.2. The Bertz CT molecular complexity index is 466. The summed E-state index contributed by atoms with van der Waals surface area (Å²) in [5, 5.41) is 9.57. The first-order valence-electron chi connectivity index (χ1n) is 6.54. The van der Waals surface area contributed by atoms with Crippen LogP contribution in [0.3, 0.4) is 0 Å². The summed E-state index contributed by atoms with van der Waals surface area (Å²) in [6, 6.07) is 3.13. The quantitative estimate of drug-likeness (QED) is 0.709. The van der Waals surface area contributed by atoms with Crippen LogP contribution in [-0.4, -0.2) is 17.7 Å². The van der Waals surface area contributed by atoms with Gasteiger partial charge in [-0.2, -0.15) is 0 Å². The molecule has 0 aliphatic rings. The van der Waals surface area contributed by atoms with Crippen LogP contribution in [0.5, 0.6) is 5.75 Å². The Hall–Kier alpha value is -0.970. The zero-order chi connectivity index (χ0) is 15.1. The molecule has 0 fully saturated rings. The number of benzene rings is 1. The number of nitrogens with two attached hydrogens (primary N) is 1. The number of halogens is 2. The Morgan fingerprint density at radius 2 is 2.05 bits per heavy atom. The molecule has 0 aromatic heterocycles. The Labute approximate surface area is 128 Å². The van der Waals surface area contributed by atoms with Gasteiger partial charge in [0.15, 0.2) is 0 Å². The Morgan fingerprint density at radius 3 is 2.65 bits per heavy atom. The molecule has 0 heterocycles. The van der Waals surface area contributed by atoms with Crippen molar-refractivity contribution in [2.75, 3.05) is 6.61 Å². The summed E-state index contributed by atoms with van der Waals surface area (Å²) < 4.78 is 5.35. The van der Waals surface area contributed by atoms with Crippen molar-refractivity contribution in [3.05, 3.63) is 27.7 Å². The lowest BCUT2D eigenvalue weighted by molar-refractivity contribution is -0.137. The summed E-state index contributed by atoms with van der Waals surface area (Å²) in [7, 11) is 0. The minimum Gasteiger partial charge on any atom is -0.492 e. The predicted octanol–water partition coefficient (Wildman–Crippen LogP) is 4.04. The molecule has 0 saturated heterocycles. The molecule has 0 amide bonds. The summed E-state index contributed by atoms with van der Waals surface area (Å²) in [4.78, 5) is 10.4. The molecule has 20 heavy (non-hydrogen) atoms. The van der Waals surface area contributed by atoms with E-state index < -0.39 is 5.97 Å². The van der Waals surface area contributed by atoms with E-state index in [0.29, 0.717) is 35.2 Å². The fourth-order valence-corrected chi connectivity index (χ4v) is 2.41. The van der Waals surface area contributed by atoms with Gasteiger partial charge in [0.2, 0.25) is 0 Å². The molecule has 4 nitrogen and oxygen atoms in total. The second-order valence-corrected chi connectivity index (χ2v) is 5.30. The first-order chi connectivity index (χ1) is 9.45. The molecular weight excluding hydrogens is 301 g/mol. The molecule has 1 aromatic carbocycles. The van der Waals surface area contributed by atoms with E-state index in [9.17, 15) is 4.79 Å². The summed E-state index contributed by atoms with van der Waals surface area (Å²) in [6.07, 6.45) is 2.15. The highest BCUT2D eigenvalue weighted by molar-refractivity contribution is 6.34. The van der Waals surface area contributed by atoms with Gasteiger partial charge in [0.05, 0.1) is 11.6 Å². The van der Waals surface area contributed by atoms with Gasteiger partial charge in [0.1, 0.15) is 5.75 Å². The first-order valence-corrected chi connectivity index (χ1v) is 7.30. The van der Waals surface area contributed by atoms with Crippen LogP contribution < -0.4 is 10.5 Å². The summed E-state index contributed by atoms with van der Waals surface area (Å²) in [6.45, 7) is 2.38. The number of hydrogen-bond acceptors (Lipinski definition) is 3. The maximum atomic E-state index is 10.4. The molecule has 112 valence electrons. The molecule has 1 aromatic rings. The predicted molar refractivity (Wildman–Crippen MR) is 80.7 cm³/mol. The molecule has 0 radical (unpaired) electrons. The van der Waals surface area contributed by atoms with Gasteiger partial charge in [-0.25, -0.2) is 0 Å². The first kappa shape index (κ1) is 17.1. The van der Waals surface area contributed by atoms with E-state index >= 15 is 0 Å². The average Bonchev–Trinajstić information content (AvgIpc) is 2.38. The summed E-state index contributed by atoms with van der Waals surface area (Å²) in [5.74, 6) is -0.248. The fraction of sp³-hybridized carbons (Fsp3) is 0.500. The van der Waals surface area contributed by atoms with Crippen molar-refractivity contribution in [2.45, 2.75) is 38.6 Å². The maximum absolute atomic E-state index is 10.4. The molecule has 3 N–H and O–H groups in total. The van der Waals surface area contributed by atoms with Crippen molar-refractivity contribution in [3.8, 4) is 5.75 Å². The van der Waals surface area contributed by atoms with Crippen LogP contribution in [0.25, 0.3) is 0 Å². The average molecular weight is 320 g/mol. The second-order valence-electron chi connectivity index (χ2n) is 4.48. The van der Waals surface area contributed by atoms with Crippen LogP contribution in [0.2, 0.25) is 10.0 Å². The van der Waals surface area contributed by atoms with Crippen molar-refractivity contribution < 1.29 is 14.6 Å². The minimum absolute atomic E-state index is 0.157. The number of carbonyl (C=O) groups is 1. The smallest absolute Gasteiger partial charge is 0.303 e. The standard InChI is InChI=1S/C14H19Cl2NO3/c1-2-20-13-8-10(15)9(7-11(13)16)12(17)5-3-4-6-14(18)19/h7-8,12H,2-6,17H2,1H3,(H,18,19). The molecule has 1 unspecified atom stereocenters. The molecule has 0 aliphatic carbocycles. The van der Waals surface area contributed by atoms with Gasteiger partial charge in [-0.05, 0) is 31.4 Å². The van der Waals surface area contributed by atoms with Crippen LogP contribution in [-0.2, 0) is 4.79 Å². The number of rotatable bonds is 8. The zero-order valence-electron chi connectivity index (χ0n) is 11.4. The third-order valence-corrected chi connectivity index (χ3v) is 3.53. The van der Waals surface area contributed by atoms with Crippen molar-refractivity contribution >= 4 is 29.2 Å². The molecular formula is C14H19Cl2NO3. The van der Waals surface area contributed by atoms with Crippen LogP contribution >= 0.6 is 23.2 Å². The van der Waals surface area contributed by atoms with Gasteiger partial charge in [0, 0.05) is 23.6 Å². The molecule has 0 spiro atoms. The van der Waals surface area contributed by atoms with Crippen molar-refractivity contribution in [2.24, 2.45) is 5.73 Å². The largest absolute Gasteiger partial charge is 0.492 e. The van der Waals surface area contributed by atoms with E-state index in [-0.39, 0.29) is 12.5 Å². The molecule has 1 atom stereocenters. The van der Waals surface area contributed by atoms with Gasteiger partial charge in [0.25, 0.3) is 0 Å². The number of carboxylic acids is 1. The van der Waals surface area contributed by atoms with Crippen LogP contribution in [0.4, 0.5) is 0 Å². The Morgan fingerprint density at radius 1 is 1.35 bits per heavy atom. The van der Waals surface area contributed by atoms with Crippen molar-refractivity contribution in [3.63, 3.8) is 0 Å². The lowest BCUT2D eigenvalue weighted by Crippen LogP contribution is -2.11. The third-order valence-electron chi connectivity index (χ3n) is 2.91. The van der Waals surface area contributed by atoms with Gasteiger partial charge in [-0.3, -0.25) is 4.79 Å². The van der Waals surface area contributed by atoms with E-state index in [1.807, 2.05) is 6.92 Å². The zero-order valence-corrected chi connectivity index (χ0v) is 12.9. The molecule has 0 aliphatic heterocycles. The summed E-state index contributed by atoms with van der Waals surface area (Å²) in [5.41, 5.74) is 6.83. The third kappa shape index (κ3) is 5.19. The number of ether oxygens (including phenoxy) is 1. The van der Waals surface area contributed by atoms with E-state index in [2.05, 4.69) is 0 Å². The molecule has 0 bridgehead atoms. The SMILES string of the molecule is CCOc1cc(Cl)c(C(N)CCCCC(=O)O)cc1Cl. The van der Waals surface area contributed by atoms with Crippen LogP contribution in [0.1, 0.15) is 44.2 Å². The fourth-order valence-electron chi connectivity index (χ4n) is 1.89. The topological polar surface area (TPSA) is 72.5 Å². The number of unbranched alkanes of at least 4 members (excludes halogenated alkanes) is 1. The highest BCUT2D eigenvalue weighted by Crippen LogP contribution is 2.34. The molecule has 6 heteroatoms. The number of hydrogen-bond donors (Lipinski definition) is 2. The van der Waals surface area contributed by atoms with Gasteiger partial charge in [-0.15, -0.1) is 0 Å². The molecule has 1 rings (SSSR count). The van der Waals surface area contributed by atoms with Gasteiger partial charge in [-0.1, -0.05) is 29.6 Å². The van der Waals surface area contributed by atoms with Crippen LogP contribution in [0, 0.1) is 0 Å². The van der Waals surface area contributed by atoms with Gasteiger partial charge < -0.3 is 15.6 Å². The number of aliphatic carboxylic acids is 1. The van der Waals surface area contributed by atoms with E-state index in [1.165, 1.54) is 0 Å². The van der Waals surface area contributed by atoms with E-state index in [4.69, 9.17) is 38.8 Å². The monoisotopic (exact) mass is 319 g/mol. The minimum atomic E-state index is -0.791. The van der Waals surface area contributed by atoms with Crippen molar-refractivity contribution in [1.82, 2.24) is 0 Å². The summed E-state index contributed by atoms with van der Waals surface area (Å²) >= 11 is 12.3. The lowest BCUT2D eigenvalue weighted by Gasteiger charge is -2.16. The van der Waals surface area contributed by atoms with E-state index in [1.54, 1.807) is 12.1 Å². The Balaban J connectivity index is 2.65. The number of carboxylic acid groups (broad SMARTS) is 1. The lowest BCUT2D eigenvalue weighted by atomic mass is 10.0. The Kier molecular flexibility index (Phi) is 7.13. The van der Waals surface area contributed by atoms with Crippen molar-refractivity contribution in [1.29, 1.82) is 0 Å². The van der Waals surface area contributed by atoms with E-state index in [0.717, 1.165) is 12.0 Å². The highest BCUT2D eigenvalue weighted by atomic mass is 35.5. The second kappa shape index (κ2) is 8.35. The highest BCUT2D eigenvalue weighted by Gasteiger charge is 2.14. The molecule has 0 saturated carbocycles. The maximum Gasteiger partial charge on any atom is 0.303 e. The van der Waals surface area contributed by atoms with Gasteiger partial charge >= 0.3 is 5.97 Å². The van der Waals surface area contributed by atoms with Crippen LogP contribution in [0.15, 0.2) is 12.1 Å².